The van der Waals surface area contributed by atoms with Crippen LogP contribution in [0.1, 0.15) is 12.8 Å². The van der Waals surface area contributed by atoms with Crippen LogP contribution in [0.15, 0.2) is 0 Å². The molecule has 0 radical (unpaired) electrons. The van der Waals surface area contributed by atoms with Gasteiger partial charge in [0.25, 0.3) is 0 Å². The summed E-state index contributed by atoms with van der Waals surface area (Å²) in [4.78, 5) is 47.2. The van der Waals surface area contributed by atoms with Crippen molar-refractivity contribution in [3.05, 3.63) is 0 Å². The third-order valence-electron chi connectivity index (χ3n) is 3.14. The summed E-state index contributed by atoms with van der Waals surface area (Å²) in [5.74, 6) is -1.27. The summed E-state index contributed by atoms with van der Waals surface area (Å²) in [7, 11) is 5.05. The van der Waals surface area contributed by atoms with E-state index in [9.17, 15) is 19.2 Å². The molecular weight excluding hydrogens is 372 g/mol. The van der Waals surface area contributed by atoms with E-state index >= 15 is 0 Å². The SMILES string of the molecule is COC(=O)C1CSSCC(C(=O)OC)NC(=O)CCOCCC(=O)N1. The lowest BCUT2D eigenvalue weighted by molar-refractivity contribution is -0.144. The number of esters is 2. The van der Waals surface area contributed by atoms with E-state index in [1.165, 1.54) is 35.8 Å². The van der Waals surface area contributed by atoms with Gasteiger partial charge >= 0.3 is 11.9 Å². The van der Waals surface area contributed by atoms with Crippen molar-refractivity contribution in [1.29, 1.82) is 0 Å². The van der Waals surface area contributed by atoms with Gasteiger partial charge in [0, 0.05) is 24.3 Å². The Kier molecular flexibility index (Phi) is 10.3. The lowest BCUT2D eigenvalue weighted by atomic mass is 10.3. The van der Waals surface area contributed by atoms with Gasteiger partial charge in [0.1, 0.15) is 12.1 Å². The number of carbonyl (C=O) groups excluding carboxylic acids is 4. The molecule has 0 aromatic heterocycles. The largest absolute Gasteiger partial charge is 0.467 e. The predicted octanol–water partition coefficient (Wildman–Crippen LogP) is -0.506. The molecule has 1 aliphatic rings. The van der Waals surface area contributed by atoms with Crippen LogP contribution in [0.4, 0.5) is 0 Å². The minimum absolute atomic E-state index is 0.0672. The van der Waals surface area contributed by atoms with E-state index in [1.54, 1.807) is 0 Å². The lowest BCUT2D eigenvalue weighted by Gasteiger charge is -2.17. The van der Waals surface area contributed by atoms with Crippen LogP contribution in [0.3, 0.4) is 0 Å². The molecule has 142 valence electrons. The van der Waals surface area contributed by atoms with Gasteiger partial charge in [0.2, 0.25) is 11.8 Å². The minimum Gasteiger partial charge on any atom is -0.467 e. The first kappa shape index (κ1) is 21.6. The molecule has 1 aliphatic heterocycles. The zero-order chi connectivity index (χ0) is 18.7. The van der Waals surface area contributed by atoms with Crippen molar-refractivity contribution in [3.8, 4) is 0 Å². The van der Waals surface area contributed by atoms with E-state index in [2.05, 4.69) is 20.1 Å². The van der Waals surface area contributed by atoms with Gasteiger partial charge in [-0.2, -0.15) is 0 Å². The number of nitrogens with one attached hydrogen (secondary N) is 2. The molecule has 2 atom stereocenters. The van der Waals surface area contributed by atoms with Gasteiger partial charge in [-0.25, -0.2) is 9.59 Å². The van der Waals surface area contributed by atoms with Crippen LogP contribution in [-0.4, -0.2) is 74.8 Å². The Bertz CT molecular complexity index is 448. The van der Waals surface area contributed by atoms with Crippen molar-refractivity contribution in [2.24, 2.45) is 0 Å². The fourth-order valence-corrected chi connectivity index (χ4v) is 4.12. The molecule has 25 heavy (non-hydrogen) atoms. The molecule has 9 nitrogen and oxygen atoms in total. The number of methoxy groups -OCH3 is 2. The Morgan fingerprint density at radius 1 is 0.920 bits per heavy atom. The second kappa shape index (κ2) is 12.0. The van der Waals surface area contributed by atoms with Crippen molar-refractivity contribution < 1.29 is 33.4 Å². The summed E-state index contributed by atoms with van der Waals surface area (Å²) in [6, 6.07) is -1.60. The molecule has 1 rings (SSSR count). The van der Waals surface area contributed by atoms with Crippen molar-refractivity contribution in [2.75, 3.05) is 38.9 Å². The number of rotatable bonds is 2. The van der Waals surface area contributed by atoms with Gasteiger partial charge in [-0.1, -0.05) is 21.6 Å². The summed E-state index contributed by atoms with van der Waals surface area (Å²) in [5.41, 5.74) is 0. The van der Waals surface area contributed by atoms with Gasteiger partial charge in [-0.05, 0) is 0 Å². The summed E-state index contributed by atoms with van der Waals surface area (Å²) < 4.78 is 14.6. The zero-order valence-electron chi connectivity index (χ0n) is 14.1. The molecule has 1 heterocycles. The third kappa shape index (κ3) is 8.45. The summed E-state index contributed by atoms with van der Waals surface area (Å²) in [6.45, 7) is 0.241. The first-order valence-corrected chi connectivity index (χ1v) is 10.0. The van der Waals surface area contributed by atoms with E-state index in [1.807, 2.05) is 0 Å². The van der Waals surface area contributed by atoms with Gasteiger partial charge < -0.3 is 24.8 Å². The Labute approximate surface area is 153 Å². The first-order chi connectivity index (χ1) is 12.0. The lowest BCUT2D eigenvalue weighted by Crippen LogP contribution is -2.44. The molecular formula is C14H22N2O7S2. The van der Waals surface area contributed by atoms with E-state index in [0.717, 1.165) is 0 Å². The van der Waals surface area contributed by atoms with Crippen LogP contribution in [0, 0.1) is 0 Å². The van der Waals surface area contributed by atoms with Crippen LogP contribution in [0.25, 0.3) is 0 Å². The van der Waals surface area contributed by atoms with Crippen LogP contribution in [-0.2, 0) is 33.4 Å². The molecule has 0 bridgehead atoms. The Morgan fingerprint density at radius 3 is 1.68 bits per heavy atom. The highest BCUT2D eigenvalue weighted by Crippen LogP contribution is 2.23. The van der Waals surface area contributed by atoms with E-state index in [-0.39, 0.29) is 49.4 Å². The number of hydrogen-bond donors (Lipinski definition) is 2. The Balaban J connectivity index is 2.72. The van der Waals surface area contributed by atoms with Crippen LogP contribution in [0.2, 0.25) is 0 Å². The fourth-order valence-electron chi connectivity index (χ4n) is 1.82. The maximum Gasteiger partial charge on any atom is 0.329 e. The highest BCUT2D eigenvalue weighted by molar-refractivity contribution is 8.76. The highest BCUT2D eigenvalue weighted by Gasteiger charge is 2.24. The van der Waals surface area contributed by atoms with Crippen molar-refractivity contribution in [1.82, 2.24) is 10.6 Å². The minimum atomic E-state index is -0.800. The first-order valence-electron chi connectivity index (χ1n) is 7.54. The highest BCUT2D eigenvalue weighted by atomic mass is 33.1. The zero-order valence-corrected chi connectivity index (χ0v) is 15.7. The van der Waals surface area contributed by atoms with Crippen molar-refractivity contribution >= 4 is 45.3 Å². The summed E-state index contributed by atoms with van der Waals surface area (Å²) in [5, 5.41) is 5.18. The second-order valence-electron chi connectivity index (χ2n) is 4.97. The third-order valence-corrected chi connectivity index (χ3v) is 5.56. The number of hydrogen-bond acceptors (Lipinski definition) is 9. The molecule has 0 aromatic rings. The van der Waals surface area contributed by atoms with Crippen molar-refractivity contribution in [2.45, 2.75) is 24.9 Å². The normalized spacial score (nSPS) is 24.1. The maximum absolute atomic E-state index is 11.8. The smallest absolute Gasteiger partial charge is 0.329 e. The van der Waals surface area contributed by atoms with Crippen LogP contribution < -0.4 is 10.6 Å². The van der Waals surface area contributed by atoms with Gasteiger partial charge in [0.05, 0.1) is 27.4 Å². The Morgan fingerprint density at radius 2 is 1.32 bits per heavy atom. The van der Waals surface area contributed by atoms with E-state index in [0.29, 0.717) is 0 Å². The number of carbonyl (C=O) groups is 4. The summed E-state index contributed by atoms with van der Waals surface area (Å²) >= 11 is 0. The van der Waals surface area contributed by atoms with Gasteiger partial charge in [0.15, 0.2) is 0 Å². The molecule has 0 spiro atoms. The number of ether oxygens (including phenoxy) is 3. The monoisotopic (exact) mass is 394 g/mol. The molecule has 11 heteroatoms. The molecule has 2 N–H and O–H groups in total. The molecule has 2 amide bonds. The van der Waals surface area contributed by atoms with Gasteiger partial charge in [-0.15, -0.1) is 0 Å². The van der Waals surface area contributed by atoms with Crippen LogP contribution >= 0.6 is 21.6 Å². The predicted molar refractivity (Wildman–Crippen MR) is 92.9 cm³/mol. The van der Waals surface area contributed by atoms with Crippen LogP contribution in [0.5, 0.6) is 0 Å². The summed E-state index contributed by atoms with van der Waals surface area (Å²) in [6.07, 6.45) is 0.134. The number of amides is 2. The standard InChI is InChI=1S/C14H22N2O7S2/c1-21-13(19)9-7-24-25-8-10(14(20)22-2)16-12(18)4-6-23-5-3-11(17)15-9/h9-10H,3-8H2,1-2H3,(H,15,17)(H,16,18). The second-order valence-corrected chi connectivity index (χ2v) is 7.52. The molecule has 0 saturated carbocycles. The average molecular weight is 394 g/mol. The van der Waals surface area contributed by atoms with Gasteiger partial charge in [-0.3, -0.25) is 9.59 Å². The molecule has 1 fully saturated rings. The topological polar surface area (TPSA) is 120 Å². The van der Waals surface area contributed by atoms with E-state index in [4.69, 9.17) is 4.74 Å². The van der Waals surface area contributed by atoms with Crippen molar-refractivity contribution in [3.63, 3.8) is 0 Å². The average Bonchev–Trinajstić information content (AvgIpc) is 2.61. The molecule has 1 saturated heterocycles. The quantitative estimate of drug-likeness (QED) is 0.471. The van der Waals surface area contributed by atoms with E-state index < -0.39 is 24.0 Å². The molecule has 0 aliphatic carbocycles. The fraction of sp³-hybridized carbons (Fsp3) is 0.714. The Hall–Kier alpha value is -1.46. The maximum atomic E-state index is 11.8. The molecule has 0 aromatic carbocycles. The molecule has 2 unspecified atom stereocenters.